The molecule has 0 saturated heterocycles. The molecule has 106 valence electrons. The zero-order chi connectivity index (χ0) is 13.9. The molecule has 1 heterocycles. The molecule has 2 unspecified atom stereocenters. The first-order valence-corrected chi connectivity index (χ1v) is 7.60. The second-order valence-corrected chi connectivity index (χ2v) is 5.94. The van der Waals surface area contributed by atoms with Gasteiger partial charge < -0.3 is 9.63 Å². The Morgan fingerprint density at radius 2 is 2.10 bits per heavy atom. The van der Waals surface area contributed by atoms with Crippen LogP contribution in [0.2, 0.25) is 0 Å². The van der Waals surface area contributed by atoms with E-state index in [1.54, 1.807) is 12.1 Å². The largest absolute Gasteiger partial charge is 0.392 e. The molecule has 1 aromatic heterocycles. The van der Waals surface area contributed by atoms with Gasteiger partial charge in [-0.15, -0.1) is 11.8 Å². The van der Waals surface area contributed by atoms with Gasteiger partial charge in [-0.05, 0) is 43.5 Å². The number of hydrogen-bond acceptors (Lipinski definition) is 5. The lowest BCUT2D eigenvalue weighted by atomic mass is 10.1. The molecule has 1 aromatic carbocycles. The fourth-order valence-corrected chi connectivity index (χ4v) is 3.13. The quantitative estimate of drug-likeness (QED) is 0.878. The SMILES string of the molecule is OC1CCCC1c1nc(CSc2ccc(F)cc2)no1. The molecule has 2 atom stereocenters. The van der Waals surface area contributed by atoms with Crippen LogP contribution in [0.3, 0.4) is 0 Å². The maximum atomic E-state index is 12.8. The van der Waals surface area contributed by atoms with Gasteiger partial charge in [0.1, 0.15) is 5.82 Å². The number of rotatable bonds is 4. The fourth-order valence-electron chi connectivity index (χ4n) is 2.38. The lowest BCUT2D eigenvalue weighted by Crippen LogP contribution is -2.11. The number of benzene rings is 1. The van der Waals surface area contributed by atoms with Crippen molar-refractivity contribution in [2.24, 2.45) is 0 Å². The van der Waals surface area contributed by atoms with Crippen LogP contribution in [0.1, 0.15) is 36.9 Å². The molecule has 6 heteroatoms. The molecule has 1 saturated carbocycles. The Labute approximate surface area is 120 Å². The third-order valence-electron chi connectivity index (χ3n) is 3.46. The van der Waals surface area contributed by atoms with E-state index in [9.17, 15) is 9.50 Å². The van der Waals surface area contributed by atoms with Crippen molar-refractivity contribution in [3.8, 4) is 0 Å². The lowest BCUT2D eigenvalue weighted by molar-refractivity contribution is 0.148. The molecule has 1 fully saturated rings. The van der Waals surface area contributed by atoms with E-state index in [4.69, 9.17) is 4.52 Å². The fraction of sp³-hybridized carbons (Fsp3) is 0.429. The van der Waals surface area contributed by atoms with E-state index in [0.29, 0.717) is 17.5 Å². The standard InChI is InChI=1S/C14H15FN2O2S/c15-9-4-6-10(7-5-9)20-8-13-16-14(19-17-13)11-2-1-3-12(11)18/h4-7,11-12,18H,1-3,8H2. The van der Waals surface area contributed by atoms with Crippen molar-refractivity contribution in [2.45, 2.75) is 41.9 Å². The van der Waals surface area contributed by atoms with Crippen molar-refractivity contribution in [3.05, 3.63) is 41.8 Å². The summed E-state index contributed by atoms with van der Waals surface area (Å²) in [6, 6.07) is 6.31. The molecule has 3 rings (SSSR count). The van der Waals surface area contributed by atoms with Crippen LogP contribution in [0.4, 0.5) is 4.39 Å². The van der Waals surface area contributed by atoms with Gasteiger partial charge in [0.15, 0.2) is 5.82 Å². The number of thioether (sulfide) groups is 1. The molecule has 0 radical (unpaired) electrons. The van der Waals surface area contributed by atoms with E-state index < -0.39 is 0 Å². The highest BCUT2D eigenvalue weighted by Gasteiger charge is 2.31. The summed E-state index contributed by atoms with van der Waals surface area (Å²) >= 11 is 1.52. The summed E-state index contributed by atoms with van der Waals surface area (Å²) in [6.07, 6.45) is 2.32. The monoisotopic (exact) mass is 294 g/mol. The van der Waals surface area contributed by atoms with E-state index in [2.05, 4.69) is 10.1 Å². The Morgan fingerprint density at radius 1 is 1.30 bits per heavy atom. The highest BCUT2D eigenvalue weighted by molar-refractivity contribution is 7.98. The van der Waals surface area contributed by atoms with E-state index >= 15 is 0 Å². The summed E-state index contributed by atoms with van der Waals surface area (Å²) in [6.45, 7) is 0. The topological polar surface area (TPSA) is 59.2 Å². The maximum absolute atomic E-state index is 12.8. The van der Waals surface area contributed by atoms with E-state index in [1.165, 1.54) is 23.9 Å². The molecule has 4 nitrogen and oxygen atoms in total. The van der Waals surface area contributed by atoms with Crippen LogP contribution in [0, 0.1) is 5.82 Å². The summed E-state index contributed by atoms with van der Waals surface area (Å²) in [5.74, 6) is 1.44. The van der Waals surface area contributed by atoms with Crippen molar-refractivity contribution in [3.63, 3.8) is 0 Å². The Balaban J connectivity index is 1.61. The van der Waals surface area contributed by atoms with Gasteiger partial charge >= 0.3 is 0 Å². The Bertz CT molecular complexity index is 573. The molecular formula is C14H15FN2O2S. The zero-order valence-corrected chi connectivity index (χ0v) is 11.6. The van der Waals surface area contributed by atoms with Gasteiger partial charge in [0.05, 0.1) is 17.8 Å². The smallest absolute Gasteiger partial charge is 0.232 e. The van der Waals surface area contributed by atoms with Crippen LogP contribution in [0.25, 0.3) is 0 Å². The van der Waals surface area contributed by atoms with Crippen molar-refractivity contribution in [2.75, 3.05) is 0 Å². The second kappa shape index (κ2) is 5.93. The van der Waals surface area contributed by atoms with Gasteiger partial charge in [-0.2, -0.15) is 4.98 Å². The van der Waals surface area contributed by atoms with Gasteiger partial charge in [0, 0.05) is 4.90 Å². The normalized spacial score (nSPS) is 22.3. The number of aromatic nitrogens is 2. The van der Waals surface area contributed by atoms with E-state index in [0.717, 1.165) is 24.2 Å². The number of aliphatic hydroxyl groups excluding tert-OH is 1. The van der Waals surface area contributed by atoms with Crippen molar-refractivity contribution in [1.82, 2.24) is 10.1 Å². The average molecular weight is 294 g/mol. The summed E-state index contributed by atoms with van der Waals surface area (Å²) in [5.41, 5.74) is 0. The third kappa shape index (κ3) is 3.02. The van der Waals surface area contributed by atoms with Crippen molar-refractivity contribution < 1.29 is 14.0 Å². The molecule has 2 aromatic rings. The van der Waals surface area contributed by atoms with E-state index in [-0.39, 0.29) is 17.8 Å². The van der Waals surface area contributed by atoms with Crippen LogP contribution in [-0.2, 0) is 5.75 Å². The van der Waals surface area contributed by atoms with Crippen molar-refractivity contribution in [1.29, 1.82) is 0 Å². The summed E-state index contributed by atoms with van der Waals surface area (Å²) in [7, 11) is 0. The first kappa shape index (κ1) is 13.6. The molecule has 1 aliphatic rings. The zero-order valence-electron chi connectivity index (χ0n) is 10.8. The van der Waals surface area contributed by atoms with Gasteiger partial charge in [-0.3, -0.25) is 0 Å². The molecule has 0 amide bonds. The number of hydrogen-bond donors (Lipinski definition) is 1. The molecule has 0 aliphatic heterocycles. The molecule has 20 heavy (non-hydrogen) atoms. The van der Waals surface area contributed by atoms with E-state index in [1.807, 2.05) is 0 Å². The molecule has 1 aliphatic carbocycles. The third-order valence-corrected chi connectivity index (χ3v) is 4.47. The van der Waals surface area contributed by atoms with Crippen LogP contribution in [0.5, 0.6) is 0 Å². The molecule has 1 N–H and O–H groups in total. The number of halogens is 1. The van der Waals surface area contributed by atoms with Crippen LogP contribution >= 0.6 is 11.8 Å². The number of aliphatic hydroxyl groups is 1. The first-order chi connectivity index (χ1) is 9.72. The molecular weight excluding hydrogens is 279 g/mol. The first-order valence-electron chi connectivity index (χ1n) is 6.61. The highest BCUT2D eigenvalue weighted by atomic mass is 32.2. The summed E-state index contributed by atoms with van der Waals surface area (Å²) in [4.78, 5) is 5.30. The van der Waals surface area contributed by atoms with Crippen molar-refractivity contribution >= 4 is 11.8 Å². The predicted molar refractivity (Wildman–Crippen MR) is 72.9 cm³/mol. The lowest BCUT2D eigenvalue weighted by Gasteiger charge is -2.07. The van der Waals surface area contributed by atoms with Crippen LogP contribution < -0.4 is 0 Å². The van der Waals surface area contributed by atoms with Crippen LogP contribution in [-0.4, -0.2) is 21.4 Å². The molecule has 0 bridgehead atoms. The minimum absolute atomic E-state index is 0.0212. The minimum atomic E-state index is -0.368. The number of nitrogens with zero attached hydrogens (tertiary/aromatic N) is 2. The van der Waals surface area contributed by atoms with Gasteiger partial charge in [0.25, 0.3) is 0 Å². The Kier molecular flexibility index (Phi) is 4.03. The minimum Gasteiger partial charge on any atom is -0.392 e. The van der Waals surface area contributed by atoms with Gasteiger partial charge in [-0.1, -0.05) is 5.16 Å². The average Bonchev–Trinajstić information content (AvgIpc) is 3.06. The Hall–Kier alpha value is -1.40. The second-order valence-electron chi connectivity index (χ2n) is 4.90. The highest BCUT2D eigenvalue weighted by Crippen LogP contribution is 2.33. The Morgan fingerprint density at radius 3 is 2.80 bits per heavy atom. The van der Waals surface area contributed by atoms with Crippen LogP contribution in [0.15, 0.2) is 33.7 Å². The summed E-state index contributed by atoms with van der Waals surface area (Å²) in [5, 5.41) is 13.8. The maximum Gasteiger partial charge on any atom is 0.232 e. The van der Waals surface area contributed by atoms with Gasteiger partial charge in [-0.25, -0.2) is 4.39 Å². The summed E-state index contributed by atoms with van der Waals surface area (Å²) < 4.78 is 18.0. The molecule has 0 spiro atoms. The van der Waals surface area contributed by atoms with Gasteiger partial charge in [0.2, 0.25) is 5.89 Å². The predicted octanol–water partition coefficient (Wildman–Crippen LogP) is 3.13.